The predicted molar refractivity (Wildman–Crippen MR) is 81.3 cm³/mol. The number of nitrogens with zero attached hydrogens (tertiary/aromatic N) is 1. The standard InChI is InChI=1S/C17H25NO2/c1-5-18-8-6-17(7-9-18,16(19)20)15-13(3)10-12(2)11-14(15)4/h10-11H,5-9H2,1-4H3,(H,19,20). The minimum atomic E-state index is -0.701. The summed E-state index contributed by atoms with van der Waals surface area (Å²) in [5, 5.41) is 9.90. The van der Waals surface area contributed by atoms with Gasteiger partial charge in [0.05, 0.1) is 5.41 Å². The molecule has 20 heavy (non-hydrogen) atoms. The third-order valence-electron chi connectivity index (χ3n) is 4.72. The van der Waals surface area contributed by atoms with Gasteiger partial charge in [-0.3, -0.25) is 4.79 Å². The first-order chi connectivity index (χ1) is 9.40. The molecular weight excluding hydrogens is 250 g/mol. The zero-order valence-corrected chi connectivity index (χ0v) is 13.0. The van der Waals surface area contributed by atoms with Crippen LogP contribution >= 0.6 is 0 Å². The molecule has 0 aliphatic carbocycles. The van der Waals surface area contributed by atoms with E-state index in [9.17, 15) is 9.90 Å². The van der Waals surface area contributed by atoms with E-state index in [4.69, 9.17) is 0 Å². The van der Waals surface area contributed by atoms with Crippen LogP contribution in [0.3, 0.4) is 0 Å². The van der Waals surface area contributed by atoms with Crippen molar-refractivity contribution in [2.24, 2.45) is 0 Å². The Hall–Kier alpha value is -1.35. The summed E-state index contributed by atoms with van der Waals surface area (Å²) in [6, 6.07) is 4.22. The highest BCUT2D eigenvalue weighted by atomic mass is 16.4. The van der Waals surface area contributed by atoms with Crippen molar-refractivity contribution in [1.29, 1.82) is 0 Å². The summed E-state index contributed by atoms with van der Waals surface area (Å²) in [6.45, 7) is 11.0. The Morgan fingerprint density at radius 2 is 1.70 bits per heavy atom. The van der Waals surface area contributed by atoms with Gasteiger partial charge in [-0.2, -0.15) is 0 Å². The van der Waals surface area contributed by atoms with Gasteiger partial charge in [0.1, 0.15) is 0 Å². The first kappa shape index (κ1) is 15.0. The van der Waals surface area contributed by atoms with Gasteiger partial charge >= 0.3 is 5.97 Å². The average molecular weight is 275 g/mol. The van der Waals surface area contributed by atoms with Crippen LogP contribution < -0.4 is 0 Å². The Kier molecular flexibility index (Phi) is 4.19. The van der Waals surface area contributed by atoms with Crippen LogP contribution in [0.4, 0.5) is 0 Å². The Bertz CT molecular complexity index is 491. The van der Waals surface area contributed by atoms with Gasteiger partial charge in [-0.05, 0) is 69.9 Å². The maximum absolute atomic E-state index is 12.0. The molecule has 0 amide bonds. The highest BCUT2D eigenvalue weighted by Crippen LogP contribution is 2.39. The Morgan fingerprint density at radius 3 is 2.10 bits per heavy atom. The number of carbonyl (C=O) groups is 1. The zero-order valence-electron chi connectivity index (χ0n) is 13.0. The van der Waals surface area contributed by atoms with Crippen molar-refractivity contribution >= 4 is 5.97 Å². The summed E-state index contributed by atoms with van der Waals surface area (Å²) in [5.74, 6) is -0.664. The van der Waals surface area contributed by atoms with E-state index >= 15 is 0 Å². The second kappa shape index (κ2) is 5.57. The Balaban J connectivity index is 2.48. The average Bonchev–Trinajstić information content (AvgIpc) is 2.38. The van der Waals surface area contributed by atoms with Crippen LogP contribution in [0.2, 0.25) is 0 Å². The summed E-state index contributed by atoms with van der Waals surface area (Å²) in [4.78, 5) is 14.4. The van der Waals surface area contributed by atoms with Gasteiger partial charge in [0.2, 0.25) is 0 Å². The SMILES string of the molecule is CCN1CCC(C(=O)O)(c2c(C)cc(C)cc2C)CC1. The molecule has 0 spiro atoms. The molecule has 110 valence electrons. The van der Waals surface area contributed by atoms with Crippen LogP contribution in [0.25, 0.3) is 0 Å². The van der Waals surface area contributed by atoms with Gasteiger partial charge in [0.15, 0.2) is 0 Å². The van der Waals surface area contributed by atoms with Crippen molar-refractivity contribution in [2.75, 3.05) is 19.6 Å². The van der Waals surface area contributed by atoms with Crippen LogP contribution in [0.1, 0.15) is 42.0 Å². The van der Waals surface area contributed by atoms with E-state index in [0.29, 0.717) is 12.8 Å². The van der Waals surface area contributed by atoms with Crippen molar-refractivity contribution in [3.05, 3.63) is 34.4 Å². The summed E-state index contributed by atoms with van der Waals surface area (Å²) in [7, 11) is 0. The van der Waals surface area contributed by atoms with E-state index in [1.807, 2.05) is 13.8 Å². The summed E-state index contributed by atoms with van der Waals surface area (Å²) < 4.78 is 0. The molecule has 1 aliphatic heterocycles. The topological polar surface area (TPSA) is 40.5 Å². The molecule has 0 unspecified atom stereocenters. The molecular formula is C17H25NO2. The molecule has 1 aliphatic rings. The fraction of sp³-hybridized carbons (Fsp3) is 0.588. The van der Waals surface area contributed by atoms with Gasteiger partial charge in [-0.15, -0.1) is 0 Å². The lowest BCUT2D eigenvalue weighted by molar-refractivity contribution is -0.146. The molecule has 1 aromatic carbocycles. The first-order valence-electron chi connectivity index (χ1n) is 7.45. The van der Waals surface area contributed by atoms with Crippen molar-refractivity contribution in [3.63, 3.8) is 0 Å². The molecule has 3 heteroatoms. The Morgan fingerprint density at radius 1 is 1.20 bits per heavy atom. The first-order valence-corrected chi connectivity index (χ1v) is 7.45. The minimum Gasteiger partial charge on any atom is -0.481 e. The number of hydrogen-bond acceptors (Lipinski definition) is 2. The lowest BCUT2D eigenvalue weighted by Gasteiger charge is -2.40. The highest BCUT2D eigenvalue weighted by molar-refractivity contribution is 5.83. The van der Waals surface area contributed by atoms with E-state index in [-0.39, 0.29) is 0 Å². The minimum absolute atomic E-state index is 0.664. The van der Waals surface area contributed by atoms with E-state index in [2.05, 4.69) is 30.9 Å². The van der Waals surface area contributed by atoms with Crippen molar-refractivity contribution < 1.29 is 9.90 Å². The van der Waals surface area contributed by atoms with Gasteiger partial charge in [0.25, 0.3) is 0 Å². The number of aliphatic carboxylic acids is 1. The van der Waals surface area contributed by atoms with Crippen molar-refractivity contribution in [3.8, 4) is 0 Å². The second-order valence-electron chi connectivity index (χ2n) is 6.10. The number of carboxylic acid groups (broad SMARTS) is 1. The van der Waals surface area contributed by atoms with E-state index < -0.39 is 11.4 Å². The van der Waals surface area contributed by atoms with Crippen molar-refractivity contribution in [1.82, 2.24) is 4.90 Å². The van der Waals surface area contributed by atoms with Crippen LogP contribution in [0.5, 0.6) is 0 Å². The molecule has 1 fully saturated rings. The summed E-state index contributed by atoms with van der Waals surface area (Å²) >= 11 is 0. The molecule has 0 radical (unpaired) electrons. The number of aryl methyl sites for hydroxylation is 3. The molecule has 1 N–H and O–H groups in total. The fourth-order valence-corrected chi connectivity index (χ4v) is 3.76. The smallest absolute Gasteiger partial charge is 0.314 e. The normalized spacial score (nSPS) is 19.0. The molecule has 0 bridgehead atoms. The van der Waals surface area contributed by atoms with Crippen molar-refractivity contribution in [2.45, 2.75) is 46.0 Å². The van der Waals surface area contributed by atoms with Crippen LogP contribution in [-0.4, -0.2) is 35.6 Å². The number of carboxylic acids is 1. The highest BCUT2D eigenvalue weighted by Gasteiger charge is 2.44. The summed E-state index contributed by atoms with van der Waals surface area (Å²) in [5.41, 5.74) is 3.79. The fourth-order valence-electron chi connectivity index (χ4n) is 3.76. The molecule has 0 aromatic heterocycles. The largest absolute Gasteiger partial charge is 0.481 e. The van der Waals surface area contributed by atoms with Crippen LogP contribution in [0.15, 0.2) is 12.1 Å². The molecule has 1 aromatic rings. The van der Waals surface area contributed by atoms with E-state index in [1.165, 1.54) is 5.56 Å². The number of hydrogen-bond donors (Lipinski definition) is 1. The maximum atomic E-state index is 12.0. The number of likely N-dealkylation sites (tertiary alicyclic amines) is 1. The van der Waals surface area contributed by atoms with Gasteiger partial charge in [0, 0.05) is 0 Å². The third-order valence-corrected chi connectivity index (χ3v) is 4.72. The van der Waals surface area contributed by atoms with Crippen LogP contribution in [0, 0.1) is 20.8 Å². The van der Waals surface area contributed by atoms with E-state index in [1.54, 1.807) is 0 Å². The molecule has 3 nitrogen and oxygen atoms in total. The molecule has 1 heterocycles. The lowest BCUT2D eigenvalue weighted by Crippen LogP contribution is -2.48. The predicted octanol–water partition coefficient (Wildman–Crippen LogP) is 3.05. The monoisotopic (exact) mass is 275 g/mol. The van der Waals surface area contributed by atoms with Gasteiger partial charge in [-0.25, -0.2) is 0 Å². The van der Waals surface area contributed by atoms with Gasteiger partial charge < -0.3 is 10.0 Å². The second-order valence-corrected chi connectivity index (χ2v) is 6.10. The number of rotatable bonds is 3. The molecule has 0 atom stereocenters. The Labute approximate surface area is 121 Å². The maximum Gasteiger partial charge on any atom is 0.314 e. The molecule has 2 rings (SSSR count). The quantitative estimate of drug-likeness (QED) is 0.921. The van der Waals surface area contributed by atoms with E-state index in [0.717, 1.165) is 36.3 Å². The zero-order chi connectivity index (χ0) is 14.9. The molecule has 1 saturated heterocycles. The summed E-state index contributed by atoms with van der Waals surface area (Å²) in [6.07, 6.45) is 1.42. The number of benzene rings is 1. The van der Waals surface area contributed by atoms with Gasteiger partial charge in [-0.1, -0.05) is 24.6 Å². The third kappa shape index (κ3) is 2.47. The molecule has 0 saturated carbocycles. The lowest BCUT2D eigenvalue weighted by atomic mass is 9.69. The number of piperidine rings is 1. The van der Waals surface area contributed by atoms with Crippen LogP contribution in [-0.2, 0) is 10.2 Å².